The molecule has 0 aliphatic heterocycles. The summed E-state index contributed by atoms with van der Waals surface area (Å²) >= 11 is 0. The Morgan fingerprint density at radius 3 is 1.44 bits per heavy atom. The number of hydrogen-bond acceptors (Lipinski definition) is 0. The van der Waals surface area contributed by atoms with Crippen molar-refractivity contribution in [2.45, 2.75) is 115 Å². The maximum absolute atomic E-state index is 14.3. The molecule has 0 atom stereocenters. The largest absolute Gasteiger partial charge is 0.207 e. The molecule has 0 radical (unpaired) electrons. The van der Waals surface area contributed by atoms with Gasteiger partial charge in [-0.25, -0.2) is 4.39 Å². The number of hydrogen-bond donors (Lipinski definition) is 0. The van der Waals surface area contributed by atoms with E-state index in [4.69, 9.17) is 0 Å². The highest BCUT2D eigenvalue weighted by Crippen LogP contribution is 2.46. The Hall–Kier alpha value is -1.63. The fraction of sp³-hybridized carbons (Fsp3) is 0.636. The van der Waals surface area contributed by atoms with Gasteiger partial charge in [-0.2, -0.15) is 0 Å². The summed E-state index contributed by atoms with van der Waals surface area (Å²) in [5, 5.41) is 0. The lowest BCUT2D eigenvalue weighted by Crippen LogP contribution is -2.25. The normalized spacial score (nSPS) is 32.4. The van der Waals surface area contributed by atoms with Crippen molar-refractivity contribution in [3.63, 3.8) is 0 Å². The smallest absolute Gasteiger partial charge is 0.126 e. The third-order valence-electron chi connectivity index (χ3n) is 10.0. The van der Waals surface area contributed by atoms with E-state index >= 15 is 0 Å². The summed E-state index contributed by atoms with van der Waals surface area (Å²) in [5.41, 5.74) is 5.27. The summed E-state index contributed by atoms with van der Waals surface area (Å²) in [5.74, 6) is 4.88. The molecule has 0 unspecified atom stereocenters. The summed E-state index contributed by atoms with van der Waals surface area (Å²) in [7, 11) is 0. The number of aryl methyl sites for hydroxylation is 1. The van der Waals surface area contributed by atoms with E-state index in [1.165, 1.54) is 82.6 Å². The highest BCUT2D eigenvalue weighted by atomic mass is 19.1. The molecule has 0 heterocycles. The van der Waals surface area contributed by atoms with Crippen LogP contribution in [-0.4, -0.2) is 0 Å². The lowest BCUT2D eigenvalue weighted by atomic mass is 9.67. The van der Waals surface area contributed by atoms with Crippen molar-refractivity contribution in [1.29, 1.82) is 0 Å². The molecule has 0 saturated heterocycles. The molecule has 34 heavy (non-hydrogen) atoms. The Balaban J connectivity index is 1.10. The second kappa shape index (κ2) is 11.0. The molecule has 184 valence electrons. The van der Waals surface area contributed by atoms with Crippen LogP contribution < -0.4 is 0 Å². The third kappa shape index (κ3) is 5.44. The van der Waals surface area contributed by atoms with Crippen LogP contribution in [0.4, 0.5) is 4.39 Å². The van der Waals surface area contributed by atoms with Gasteiger partial charge in [-0.3, -0.25) is 0 Å². The van der Waals surface area contributed by atoms with Crippen LogP contribution in [0.1, 0.15) is 131 Å². The predicted octanol–water partition coefficient (Wildman–Crippen LogP) is 9.93. The molecule has 0 amide bonds. The maximum Gasteiger partial charge on any atom is 0.126 e. The minimum atomic E-state index is 0.00168. The van der Waals surface area contributed by atoms with Crippen LogP contribution in [0, 0.1) is 23.6 Å². The van der Waals surface area contributed by atoms with E-state index in [2.05, 4.69) is 37.3 Å². The zero-order valence-corrected chi connectivity index (χ0v) is 21.6. The number of halogens is 1. The number of benzene rings is 2. The van der Waals surface area contributed by atoms with Gasteiger partial charge in [0, 0.05) is 0 Å². The Kier molecular flexibility index (Phi) is 7.77. The van der Waals surface area contributed by atoms with Crippen LogP contribution in [-0.2, 0) is 6.42 Å². The minimum Gasteiger partial charge on any atom is -0.207 e. The highest BCUT2D eigenvalue weighted by Gasteiger charge is 2.32. The number of rotatable bonds is 5. The summed E-state index contributed by atoms with van der Waals surface area (Å²) < 4.78 is 14.3. The van der Waals surface area contributed by atoms with Crippen LogP contribution in [0.5, 0.6) is 0 Å². The monoisotopic (exact) mass is 460 g/mol. The molecule has 0 nitrogen and oxygen atoms in total. The summed E-state index contributed by atoms with van der Waals surface area (Å²) in [6.07, 6.45) is 17.1. The first-order valence-corrected chi connectivity index (χ1v) is 14.5. The van der Waals surface area contributed by atoms with Crippen molar-refractivity contribution in [3.05, 3.63) is 70.5 Å². The third-order valence-corrected chi connectivity index (χ3v) is 10.0. The van der Waals surface area contributed by atoms with E-state index < -0.39 is 0 Å². The minimum absolute atomic E-state index is 0.00168. The second-order valence-electron chi connectivity index (χ2n) is 12.1. The van der Waals surface area contributed by atoms with Gasteiger partial charge in [-0.05, 0) is 134 Å². The molecule has 2 aromatic rings. The van der Waals surface area contributed by atoms with E-state index in [1.54, 1.807) is 11.1 Å². The fourth-order valence-electron chi connectivity index (χ4n) is 7.59. The molecule has 0 N–H and O–H groups in total. The Bertz CT molecular complexity index is 904. The first-order valence-electron chi connectivity index (χ1n) is 14.5. The SMILES string of the molecule is CCc1ccc(C2CCC(C3CCC(c4ccc(C5CCC(C)CC5)cc4)CC3)CC2)cc1F. The molecular weight excluding hydrogens is 415 g/mol. The van der Waals surface area contributed by atoms with Gasteiger partial charge in [-0.1, -0.05) is 63.1 Å². The molecule has 0 spiro atoms. The Morgan fingerprint density at radius 1 is 0.588 bits per heavy atom. The predicted molar refractivity (Wildman–Crippen MR) is 142 cm³/mol. The van der Waals surface area contributed by atoms with Crippen LogP contribution in [0.15, 0.2) is 42.5 Å². The van der Waals surface area contributed by atoms with Gasteiger partial charge in [0.25, 0.3) is 0 Å². The van der Waals surface area contributed by atoms with Crippen LogP contribution in [0.25, 0.3) is 0 Å². The van der Waals surface area contributed by atoms with E-state index in [-0.39, 0.29) is 5.82 Å². The van der Waals surface area contributed by atoms with Gasteiger partial charge in [0.2, 0.25) is 0 Å². The topological polar surface area (TPSA) is 0 Å². The van der Waals surface area contributed by atoms with Crippen molar-refractivity contribution < 1.29 is 4.39 Å². The highest BCUT2D eigenvalue weighted by molar-refractivity contribution is 5.29. The van der Waals surface area contributed by atoms with Gasteiger partial charge in [0.1, 0.15) is 5.82 Å². The van der Waals surface area contributed by atoms with Gasteiger partial charge >= 0.3 is 0 Å². The molecule has 2 aromatic carbocycles. The molecule has 3 fully saturated rings. The fourth-order valence-corrected chi connectivity index (χ4v) is 7.59. The van der Waals surface area contributed by atoms with Crippen LogP contribution in [0.2, 0.25) is 0 Å². The van der Waals surface area contributed by atoms with E-state index in [0.717, 1.165) is 41.6 Å². The van der Waals surface area contributed by atoms with Crippen LogP contribution >= 0.6 is 0 Å². The van der Waals surface area contributed by atoms with Gasteiger partial charge in [0.05, 0.1) is 0 Å². The molecule has 0 aromatic heterocycles. The molecule has 3 aliphatic rings. The zero-order valence-electron chi connectivity index (χ0n) is 21.6. The van der Waals surface area contributed by atoms with Crippen molar-refractivity contribution >= 4 is 0 Å². The van der Waals surface area contributed by atoms with Crippen molar-refractivity contribution in [1.82, 2.24) is 0 Å². The summed E-state index contributed by atoms with van der Waals surface area (Å²) in [6, 6.07) is 15.9. The second-order valence-corrected chi connectivity index (χ2v) is 12.1. The van der Waals surface area contributed by atoms with Crippen LogP contribution in [0.3, 0.4) is 0 Å². The Morgan fingerprint density at radius 2 is 1.00 bits per heavy atom. The molecular formula is C33H45F. The maximum atomic E-state index is 14.3. The van der Waals surface area contributed by atoms with Gasteiger partial charge in [0.15, 0.2) is 0 Å². The first-order chi connectivity index (χ1) is 16.6. The van der Waals surface area contributed by atoms with Crippen molar-refractivity contribution in [3.8, 4) is 0 Å². The van der Waals surface area contributed by atoms with Gasteiger partial charge < -0.3 is 0 Å². The lowest BCUT2D eigenvalue weighted by Gasteiger charge is -2.38. The van der Waals surface area contributed by atoms with Gasteiger partial charge in [-0.15, -0.1) is 0 Å². The molecule has 0 bridgehead atoms. The molecule has 5 rings (SSSR count). The average molecular weight is 461 g/mol. The Labute approximate surface area is 207 Å². The molecule has 1 heteroatoms. The quantitative estimate of drug-likeness (QED) is 0.416. The summed E-state index contributed by atoms with van der Waals surface area (Å²) in [4.78, 5) is 0. The van der Waals surface area contributed by atoms with Crippen molar-refractivity contribution in [2.75, 3.05) is 0 Å². The molecule has 3 aliphatic carbocycles. The average Bonchev–Trinajstić information content (AvgIpc) is 2.89. The van der Waals surface area contributed by atoms with Crippen molar-refractivity contribution in [2.24, 2.45) is 17.8 Å². The van der Waals surface area contributed by atoms with E-state index in [0.29, 0.717) is 5.92 Å². The lowest BCUT2D eigenvalue weighted by molar-refractivity contribution is 0.177. The summed E-state index contributed by atoms with van der Waals surface area (Å²) in [6.45, 7) is 4.44. The van der Waals surface area contributed by atoms with E-state index in [1.807, 2.05) is 19.1 Å². The standard InChI is InChI=1S/C33H45F/c1-3-24-8-21-32(22-33(24)34)31-19-17-30(18-20-31)29-15-13-28(14-16-29)27-11-9-26(10-12-27)25-6-4-23(2)5-7-25/h8-12,21-23,25,28-31H,3-7,13-20H2,1-2H3. The first kappa shape index (κ1) is 24.1. The van der Waals surface area contributed by atoms with E-state index in [9.17, 15) is 4.39 Å². The molecule has 3 saturated carbocycles. The zero-order chi connectivity index (χ0) is 23.5.